The Labute approximate surface area is 112 Å². The number of nitrogens with zero attached hydrogens (tertiary/aromatic N) is 1. The van der Waals surface area contributed by atoms with Gasteiger partial charge < -0.3 is 15.8 Å². The van der Waals surface area contributed by atoms with Crippen LogP contribution in [0.4, 0.5) is 0 Å². The van der Waals surface area contributed by atoms with Crippen LogP contribution in [0.1, 0.15) is 17.6 Å². The van der Waals surface area contributed by atoms with Crippen molar-refractivity contribution in [3.8, 4) is 11.3 Å². The number of benzene rings is 1. The van der Waals surface area contributed by atoms with Crippen LogP contribution < -0.4 is 5.73 Å². The molecule has 0 spiro atoms. The van der Waals surface area contributed by atoms with E-state index in [2.05, 4.69) is 25.9 Å². The Kier molecular flexibility index (Phi) is 3.49. The van der Waals surface area contributed by atoms with E-state index >= 15 is 0 Å². The lowest BCUT2D eigenvalue weighted by Crippen LogP contribution is -2.21. The fourth-order valence-electron chi connectivity index (χ4n) is 1.66. The number of rotatable bonds is 3. The Morgan fingerprint density at radius 2 is 2.17 bits per heavy atom. The summed E-state index contributed by atoms with van der Waals surface area (Å²) in [6.07, 6.45) is 0. The molecule has 0 aliphatic carbocycles. The minimum atomic E-state index is -1.14. The van der Waals surface area contributed by atoms with Gasteiger partial charge in [0, 0.05) is 15.7 Å². The molecule has 0 radical (unpaired) electrons. The first-order valence-electron chi connectivity index (χ1n) is 5.30. The quantitative estimate of drug-likeness (QED) is 0.810. The average Bonchev–Trinajstić information content (AvgIpc) is 2.71. The molecule has 18 heavy (non-hydrogen) atoms. The predicted molar refractivity (Wildman–Crippen MR) is 71.0 cm³/mol. The highest BCUT2D eigenvalue weighted by atomic mass is 79.9. The molecule has 1 atom stereocenters. The second kappa shape index (κ2) is 4.91. The second-order valence-corrected chi connectivity index (χ2v) is 4.75. The van der Waals surface area contributed by atoms with Crippen molar-refractivity contribution in [1.82, 2.24) is 9.97 Å². The van der Waals surface area contributed by atoms with Crippen LogP contribution in [0.5, 0.6) is 0 Å². The fraction of sp³-hybridized carbons (Fsp3) is 0.167. The van der Waals surface area contributed by atoms with Crippen LogP contribution >= 0.6 is 15.9 Å². The van der Waals surface area contributed by atoms with E-state index in [0.717, 1.165) is 15.7 Å². The Hall–Kier alpha value is -1.66. The van der Waals surface area contributed by atoms with Crippen molar-refractivity contribution in [2.45, 2.75) is 13.0 Å². The van der Waals surface area contributed by atoms with Crippen LogP contribution in [0, 0.1) is 6.92 Å². The molecule has 5 nitrogen and oxygen atoms in total. The van der Waals surface area contributed by atoms with Gasteiger partial charge in [-0.25, -0.2) is 4.98 Å². The molecule has 94 valence electrons. The zero-order valence-electron chi connectivity index (χ0n) is 9.64. The molecule has 0 bridgehead atoms. The number of hydrogen-bond donors (Lipinski definition) is 3. The molecule has 1 unspecified atom stereocenters. The third kappa shape index (κ3) is 2.30. The van der Waals surface area contributed by atoms with E-state index in [4.69, 9.17) is 10.8 Å². The highest BCUT2D eigenvalue weighted by molar-refractivity contribution is 9.10. The van der Waals surface area contributed by atoms with Gasteiger partial charge in [-0.15, -0.1) is 0 Å². The molecule has 4 N–H and O–H groups in total. The molecule has 0 saturated carbocycles. The molecule has 0 saturated heterocycles. The smallest absolute Gasteiger partial charge is 0.328 e. The highest BCUT2D eigenvalue weighted by Gasteiger charge is 2.20. The van der Waals surface area contributed by atoms with Crippen molar-refractivity contribution in [2.75, 3.05) is 0 Å². The number of hydrogen-bond acceptors (Lipinski definition) is 3. The van der Waals surface area contributed by atoms with Gasteiger partial charge in [0.1, 0.15) is 5.82 Å². The number of carbonyl (C=O) groups is 1. The van der Waals surface area contributed by atoms with E-state index in [1.165, 1.54) is 0 Å². The first-order chi connectivity index (χ1) is 8.50. The summed E-state index contributed by atoms with van der Waals surface area (Å²) in [5.41, 5.74) is 7.92. The SMILES string of the molecule is Cc1[nH]c(C(N)C(=O)O)nc1-c1ccccc1Br. The lowest BCUT2D eigenvalue weighted by molar-refractivity contribution is -0.138. The first-order valence-corrected chi connectivity index (χ1v) is 6.09. The number of nitrogens with two attached hydrogens (primary N) is 1. The average molecular weight is 310 g/mol. The summed E-state index contributed by atoms with van der Waals surface area (Å²) in [6, 6.07) is 6.47. The zero-order valence-corrected chi connectivity index (χ0v) is 11.2. The molecule has 6 heteroatoms. The standard InChI is InChI=1S/C12H12BrN3O2/c1-6-10(7-4-2-3-5-8(7)13)16-11(15-6)9(14)12(17)18/h2-5,9H,14H2,1H3,(H,15,16)(H,17,18). The van der Waals surface area contributed by atoms with Gasteiger partial charge in [0.2, 0.25) is 0 Å². The molecular weight excluding hydrogens is 298 g/mol. The minimum Gasteiger partial charge on any atom is -0.480 e. The number of aryl methyl sites for hydroxylation is 1. The molecule has 1 aromatic heterocycles. The summed E-state index contributed by atoms with van der Waals surface area (Å²) in [6.45, 7) is 1.83. The third-order valence-electron chi connectivity index (χ3n) is 2.59. The van der Waals surface area contributed by atoms with Crippen LogP contribution in [-0.2, 0) is 4.79 Å². The van der Waals surface area contributed by atoms with E-state index in [0.29, 0.717) is 5.69 Å². The van der Waals surface area contributed by atoms with Gasteiger partial charge in [-0.3, -0.25) is 4.79 Å². The Morgan fingerprint density at radius 1 is 1.50 bits per heavy atom. The molecule has 0 amide bonds. The Morgan fingerprint density at radius 3 is 2.78 bits per heavy atom. The Balaban J connectivity index is 2.48. The van der Waals surface area contributed by atoms with Crippen molar-refractivity contribution in [2.24, 2.45) is 5.73 Å². The summed E-state index contributed by atoms with van der Waals surface area (Å²) in [7, 11) is 0. The normalized spacial score (nSPS) is 12.4. The number of carboxylic acid groups (broad SMARTS) is 1. The molecule has 2 aromatic rings. The molecule has 0 fully saturated rings. The van der Waals surface area contributed by atoms with E-state index in [1.807, 2.05) is 31.2 Å². The molecule has 1 heterocycles. The summed E-state index contributed by atoms with van der Waals surface area (Å²) in [5, 5.41) is 8.87. The van der Waals surface area contributed by atoms with E-state index < -0.39 is 12.0 Å². The molecule has 1 aromatic carbocycles. The monoisotopic (exact) mass is 309 g/mol. The van der Waals surface area contributed by atoms with Crippen molar-refractivity contribution < 1.29 is 9.90 Å². The number of aromatic amines is 1. The van der Waals surface area contributed by atoms with Gasteiger partial charge >= 0.3 is 5.97 Å². The lowest BCUT2D eigenvalue weighted by Gasteiger charge is -2.02. The summed E-state index contributed by atoms with van der Waals surface area (Å²) >= 11 is 3.44. The maximum atomic E-state index is 10.8. The molecular formula is C12H12BrN3O2. The number of nitrogens with one attached hydrogen (secondary N) is 1. The lowest BCUT2D eigenvalue weighted by atomic mass is 10.1. The van der Waals surface area contributed by atoms with Gasteiger partial charge in [0.15, 0.2) is 6.04 Å². The van der Waals surface area contributed by atoms with Crippen LogP contribution in [0.25, 0.3) is 11.3 Å². The number of aromatic nitrogens is 2. The Bertz CT molecular complexity index is 595. The van der Waals surface area contributed by atoms with E-state index in [-0.39, 0.29) is 5.82 Å². The van der Waals surface area contributed by atoms with Crippen LogP contribution in [0.2, 0.25) is 0 Å². The highest BCUT2D eigenvalue weighted by Crippen LogP contribution is 2.29. The zero-order chi connectivity index (χ0) is 13.3. The van der Waals surface area contributed by atoms with Crippen LogP contribution in [-0.4, -0.2) is 21.0 Å². The minimum absolute atomic E-state index is 0.255. The van der Waals surface area contributed by atoms with Gasteiger partial charge in [-0.2, -0.15) is 0 Å². The number of halogens is 1. The third-order valence-corrected chi connectivity index (χ3v) is 3.28. The summed E-state index contributed by atoms with van der Waals surface area (Å²) in [4.78, 5) is 18.0. The number of aliphatic carboxylic acids is 1. The van der Waals surface area contributed by atoms with Gasteiger partial charge in [0.05, 0.1) is 5.69 Å². The number of imidazole rings is 1. The largest absolute Gasteiger partial charge is 0.480 e. The first kappa shape index (κ1) is 12.8. The van der Waals surface area contributed by atoms with Crippen molar-refractivity contribution in [1.29, 1.82) is 0 Å². The van der Waals surface area contributed by atoms with E-state index in [9.17, 15) is 4.79 Å². The topological polar surface area (TPSA) is 92.0 Å². The maximum Gasteiger partial charge on any atom is 0.328 e. The maximum absolute atomic E-state index is 10.8. The van der Waals surface area contributed by atoms with Gasteiger partial charge in [0.25, 0.3) is 0 Å². The molecule has 0 aliphatic rings. The van der Waals surface area contributed by atoms with Gasteiger partial charge in [-0.1, -0.05) is 34.1 Å². The van der Waals surface area contributed by atoms with Gasteiger partial charge in [-0.05, 0) is 13.0 Å². The van der Waals surface area contributed by atoms with Crippen molar-refractivity contribution in [3.63, 3.8) is 0 Å². The fourth-order valence-corrected chi connectivity index (χ4v) is 2.14. The van der Waals surface area contributed by atoms with Crippen LogP contribution in [0.3, 0.4) is 0 Å². The molecule has 2 rings (SSSR count). The predicted octanol–water partition coefficient (Wildman–Crippen LogP) is 2.23. The second-order valence-electron chi connectivity index (χ2n) is 3.89. The molecule has 0 aliphatic heterocycles. The van der Waals surface area contributed by atoms with Crippen LogP contribution in [0.15, 0.2) is 28.7 Å². The summed E-state index contributed by atoms with van der Waals surface area (Å²) < 4.78 is 0.898. The van der Waals surface area contributed by atoms with Crippen molar-refractivity contribution >= 4 is 21.9 Å². The van der Waals surface area contributed by atoms with Crippen molar-refractivity contribution in [3.05, 3.63) is 40.3 Å². The van der Waals surface area contributed by atoms with E-state index in [1.54, 1.807) is 0 Å². The number of H-pyrrole nitrogens is 1. The number of carboxylic acids is 1. The summed E-state index contributed by atoms with van der Waals surface area (Å²) in [5.74, 6) is -0.854.